The van der Waals surface area contributed by atoms with E-state index in [-0.39, 0.29) is 44.1 Å². The molecule has 17 heteroatoms. The average Bonchev–Trinajstić information content (AvgIpc) is 3.17. The first-order valence-corrected chi connectivity index (χ1v) is 21.4. The Balaban J connectivity index is 2.06. The zero-order chi connectivity index (χ0) is 45.6. The molecule has 0 aromatic rings. The van der Waals surface area contributed by atoms with Gasteiger partial charge in [0.05, 0.1) is 36.9 Å². The fourth-order valence-electron chi connectivity index (χ4n) is 8.53. The minimum absolute atomic E-state index is 0.00580. The number of hydrogen-bond donors (Lipinski definition) is 1. The van der Waals surface area contributed by atoms with Crippen LogP contribution in [0.2, 0.25) is 0 Å². The van der Waals surface area contributed by atoms with Gasteiger partial charge in [-0.2, -0.15) is 0 Å². The molecule has 16 atom stereocenters. The van der Waals surface area contributed by atoms with Crippen molar-refractivity contribution in [2.75, 3.05) is 28.3 Å². The number of hydrogen-bond acceptors (Lipinski definition) is 17. The van der Waals surface area contributed by atoms with Crippen molar-refractivity contribution in [2.24, 2.45) is 11.8 Å². The van der Waals surface area contributed by atoms with Gasteiger partial charge in [-0.1, -0.05) is 45.1 Å². The molecule has 3 heterocycles. The van der Waals surface area contributed by atoms with Gasteiger partial charge < -0.3 is 62.2 Å². The number of carbonyl (C=O) groups excluding carboxylic acids is 5. The normalized spacial score (nSPS) is 39.0. The fraction of sp³-hybridized carbons (Fsp3) is 0.795. The second-order valence-electron chi connectivity index (χ2n) is 16.7. The van der Waals surface area contributed by atoms with Crippen LogP contribution < -0.4 is 0 Å². The Labute approximate surface area is 361 Å². The second-order valence-corrected chi connectivity index (χ2v) is 16.7. The summed E-state index contributed by atoms with van der Waals surface area (Å²) in [6.45, 7) is 13.4. The van der Waals surface area contributed by atoms with E-state index in [0.29, 0.717) is 12.8 Å². The molecular formula is C44H71NO16. The molecule has 0 bridgehead atoms. The number of carbonyl (C=O) groups is 5. The molecule has 2 saturated heterocycles. The average molecular weight is 870 g/mol. The van der Waals surface area contributed by atoms with Crippen LogP contribution in [0.15, 0.2) is 24.3 Å². The van der Waals surface area contributed by atoms with Gasteiger partial charge >= 0.3 is 23.9 Å². The summed E-state index contributed by atoms with van der Waals surface area (Å²) < 4.78 is 61.0. The van der Waals surface area contributed by atoms with Crippen LogP contribution in [0.1, 0.15) is 100 Å². The lowest BCUT2D eigenvalue weighted by molar-refractivity contribution is -0.344. The molecule has 3 aliphatic heterocycles. The van der Waals surface area contributed by atoms with Crippen molar-refractivity contribution in [3.05, 3.63) is 24.3 Å². The molecule has 0 aromatic heterocycles. The molecule has 2 fully saturated rings. The van der Waals surface area contributed by atoms with E-state index in [0.717, 1.165) is 6.29 Å². The van der Waals surface area contributed by atoms with Crippen molar-refractivity contribution in [1.82, 2.24) is 4.90 Å². The molecule has 3 rings (SSSR count). The van der Waals surface area contributed by atoms with Crippen LogP contribution in [0.3, 0.4) is 0 Å². The zero-order valence-electron chi connectivity index (χ0n) is 38.0. The van der Waals surface area contributed by atoms with E-state index in [9.17, 15) is 29.1 Å². The number of ether oxygens (including phenoxy) is 10. The summed E-state index contributed by atoms with van der Waals surface area (Å²) in [5, 5.41) is 12.2. The number of allylic oxidation sites excluding steroid dienone is 2. The Bertz CT molecular complexity index is 1490. The van der Waals surface area contributed by atoms with Gasteiger partial charge in [0.1, 0.15) is 36.8 Å². The van der Waals surface area contributed by atoms with Gasteiger partial charge in [-0.3, -0.25) is 19.2 Å². The van der Waals surface area contributed by atoms with Crippen LogP contribution in [0.4, 0.5) is 0 Å². The van der Waals surface area contributed by atoms with E-state index in [1.54, 1.807) is 67.6 Å². The lowest BCUT2D eigenvalue weighted by atomic mass is 9.82. The molecular weight excluding hydrogens is 798 g/mol. The maximum atomic E-state index is 13.4. The molecule has 0 aromatic carbocycles. The van der Waals surface area contributed by atoms with Crippen molar-refractivity contribution in [2.45, 2.75) is 186 Å². The number of rotatable bonds is 14. The maximum absolute atomic E-state index is 13.4. The highest BCUT2D eigenvalue weighted by atomic mass is 16.7. The Kier molecular flexibility index (Phi) is 20.9. The smallest absolute Gasteiger partial charge is 0.309 e. The summed E-state index contributed by atoms with van der Waals surface area (Å²) in [4.78, 5) is 65.2. The molecule has 0 unspecified atom stereocenters. The van der Waals surface area contributed by atoms with Gasteiger partial charge in [0, 0.05) is 53.2 Å². The first-order valence-electron chi connectivity index (χ1n) is 21.4. The number of esters is 4. The van der Waals surface area contributed by atoms with Crippen LogP contribution in [0, 0.1) is 11.8 Å². The molecule has 0 amide bonds. The lowest BCUT2D eigenvalue weighted by Crippen LogP contribution is -2.66. The lowest BCUT2D eigenvalue weighted by Gasteiger charge is -2.50. The van der Waals surface area contributed by atoms with Crippen molar-refractivity contribution in [3.63, 3.8) is 0 Å². The van der Waals surface area contributed by atoms with E-state index in [1.165, 1.54) is 14.0 Å². The number of aliphatic hydroxyl groups is 1. The van der Waals surface area contributed by atoms with Crippen LogP contribution in [0.5, 0.6) is 0 Å². The number of methoxy groups -OCH3 is 2. The third-order valence-corrected chi connectivity index (χ3v) is 11.5. The molecule has 17 nitrogen and oxygen atoms in total. The van der Waals surface area contributed by atoms with Crippen molar-refractivity contribution in [1.29, 1.82) is 0 Å². The first-order chi connectivity index (χ1) is 28.8. The number of nitrogens with zero attached hydrogens (tertiary/aromatic N) is 1. The third kappa shape index (κ3) is 14.6. The summed E-state index contributed by atoms with van der Waals surface area (Å²) in [7, 11) is 6.50. The van der Waals surface area contributed by atoms with Crippen LogP contribution >= 0.6 is 0 Å². The highest BCUT2D eigenvalue weighted by molar-refractivity contribution is 5.73. The Morgan fingerprint density at radius 2 is 1.61 bits per heavy atom. The highest BCUT2D eigenvalue weighted by Gasteiger charge is 2.54. The van der Waals surface area contributed by atoms with Gasteiger partial charge in [-0.05, 0) is 60.0 Å². The molecule has 348 valence electrons. The third-order valence-electron chi connectivity index (χ3n) is 11.5. The number of aliphatic hydroxyl groups excluding tert-OH is 1. The first kappa shape index (κ1) is 52.1. The quantitative estimate of drug-likeness (QED) is 0.149. The van der Waals surface area contributed by atoms with Crippen LogP contribution in [-0.4, -0.2) is 154 Å². The van der Waals surface area contributed by atoms with Gasteiger partial charge in [0.2, 0.25) is 0 Å². The molecule has 3 aliphatic rings. The monoisotopic (exact) mass is 869 g/mol. The van der Waals surface area contributed by atoms with Crippen molar-refractivity contribution < 1.29 is 76.4 Å². The largest absolute Gasteiger partial charge is 0.462 e. The highest BCUT2D eigenvalue weighted by Crippen LogP contribution is 2.39. The van der Waals surface area contributed by atoms with Crippen molar-refractivity contribution >= 4 is 30.2 Å². The number of likely N-dealkylation sites (N-methyl/N-ethyl adjacent to an activating group) is 1. The number of cyclic esters (lactones) is 1. The van der Waals surface area contributed by atoms with E-state index in [2.05, 4.69) is 0 Å². The minimum atomic E-state index is -1.40. The molecule has 0 spiro atoms. The molecule has 61 heavy (non-hydrogen) atoms. The molecule has 1 N–H and O–H groups in total. The summed E-state index contributed by atoms with van der Waals surface area (Å²) in [6.07, 6.45) is -2.63. The topological polar surface area (TPSA) is 201 Å². The van der Waals surface area contributed by atoms with E-state index < -0.39 is 109 Å². The van der Waals surface area contributed by atoms with Gasteiger partial charge in [-0.15, -0.1) is 0 Å². The summed E-state index contributed by atoms with van der Waals surface area (Å²) in [5.74, 6) is -3.09. The zero-order valence-corrected chi connectivity index (χ0v) is 38.0. The predicted octanol–water partition coefficient (Wildman–Crippen LogP) is 3.99. The fourth-order valence-corrected chi connectivity index (χ4v) is 8.53. The Morgan fingerprint density at radius 3 is 2.20 bits per heavy atom. The van der Waals surface area contributed by atoms with Gasteiger partial charge in [0.15, 0.2) is 24.3 Å². The van der Waals surface area contributed by atoms with E-state index in [4.69, 9.17) is 47.4 Å². The summed E-state index contributed by atoms with van der Waals surface area (Å²) in [5.41, 5.74) is -1.31. The predicted molar refractivity (Wildman–Crippen MR) is 220 cm³/mol. The van der Waals surface area contributed by atoms with Crippen LogP contribution in [0.25, 0.3) is 0 Å². The van der Waals surface area contributed by atoms with Crippen LogP contribution in [-0.2, 0) is 71.3 Å². The minimum Gasteiger partial charge on any atom is -0.462 e. The summed E-state index contributed by atoms with van der Waals surface area (Å²) >= 11 is 0. The summed E-state index contributed by atoms with van der Waals surface area (Å²) in [6, 6.07) is -0.792. The molecule has 0 aliphatic carbocycles. The Hall–Kier alpha value is -3.29. The second kappa shape index (κ2) is 24.5. The molecule has 0 radical (unpaired) electrons. The SMILES string of the molecule is CCC(=O)O[C@@H]1CC(=O)O[C@H](C)C/C=C/C=C/[C@H](OC)[C@H](C)C[C@H](CC=O)[C@H](O[C@@H]2O[C@@H](C)[C@@H](O[C@@H]3C[C@@](C)(OC(C)=O)[C@@H](OC(=O)CC)[C@H](C)O3)[C@H](N(C)C)[C@@H]2O)[C@H]1OC. The maximum Gasteiger partial charge on any atom is 0.309 e. The standard InChI is InChI=1S/C44H71NO16/c1-13-33(48)57-32-23-35(50)54-26(4)18-16-15-17-19-31(52-11)25(3)22-30(20-21-46)40(41(32)53-12)60-43-38(51)37(45(9)10)39(27(5)56-43)59-36-24-44(8,61-29(7)47)42(28(6)55-36)58-34(49)14-2/h15-17,19,21,25-28,30-32,36-43,51H,13-14,18,20,22-24H2,1-12H3/b16-15+,19-17+/t25-,26-,27+,28+,30+,31+,32-,36-,37-,38+,39-,40+,41+,42+,43+,44-/m1/s1. The van der Waals surface area contributed by atoms with Gasteiger partial charge in [-0.25, -0.2) is 0 Å². The van der Waals surface area contributed by atoms with E-state index in [1.807, 2.05) is 31.2 Å². The van der Waals surface area contributed by atoms with E-state index >= 15 is 0 Å². The van der Waals surface area contributed by atoms with Gasteiger partial charge in [0.25, 0.3) is 0 Å². The van der Waals surface area contributed by atoms with Crippen molar-refractivity contribution in [3.8, 4) is 0 Å². The number of aldehydes is 1. The molecule has 0 saturated carbocycles. The Morgan fingerprint density at radius 1 is 0.934 bits per heavy atom.